The maximum absolute atomic E-state index is 12.8. The van der Waals surface area contributed by atoms with E-state index in [1.165, 1.54) is 18.3 Å². The van der Waals surface area contributed by atoms with E-state index in [2.05, 4.69) is 15.8 Å². The van der Waals surface area contributed by atoms with Crippen molar-refractivity contribution in [2.75, 3.05) is 5.32 Å². The van der Waals surface area contributed by atoms with Crippen molar-refractivity contribution in [3.05, 3.63) is 101 Å². The summed E-state index contributed by atoms with van der Waals surface area (Å²) in [6.45, 7) is 1.95. The SMILES string of the molecule is Cc1ccc(C(=O)Nc2ccc(C(=O)N/N=C\c3ccc(F)cc3)cc2)cc1. The van der Waals surface area contributed by atoms with Crippen LogP contribution in [0.25, 0.3) is 0 Å². The lowest BCUT2D eigenvalue weighted by molar-refractivity contribution is 0.0954. The Morgan fingerprint density at radius 2 is 1.39 bits per heavy atom. The second-order valence-corrected chi connectivity index (χ2v) is 6.15. The van der Waals surface area contributed by atoms with Gasteiger partial charge in [-0.05, 0) is 61.0 Å². The first kappa shape index (κ1) is 19.0. The molecule has 3 rings (SSSR count). The number of carbonyl (C=O) groups is 2. The van der Waals surface area contributed by atoms with Gasteiger partial charge in [0, 0.05) is 16.8 Å². The lowest BCUT2D eigenvalue weighted by Gasteiger charge is -2.06. The van der Waals surface area contributed by atoms with E-state index < -0.39 is 5.91 Å². The first-order valence-corrected chi connectivity index (χ1v) is 8.58. The van der Waals surface area contributed by atoms with Gasteiger partial charge < -0.3 is 5.32 Å². The predicted molar refractivity (Wildman–Crippen MR) is 107 cm³/mol. The molecule has 0 spiro atoms. The summed E-state index contributed by atoms with van der Waals surface area (Å²) in [5.74, 6) is -0.952. The van der Waals surface area contributed by atoms with Crippen molar-refractivity contribution in [3.63, 3.8) is 0 Å². The summed E-state index contributed by atoms with van der Waals surface area (Å²) < 4.78 is 12.8. The highest BCUT2D eigenvalue weighted by Crippen LogP contribution is 2.12. The molecule has 3 aromatic rings. The van der Waals surface area contributed by atoms with Crippen LogP contribution in [0.2, 0.25) is 0 Å². The molecule has 0 aliphatic rings. The quantitative estimate of drug-likeness (QED) is 0.519. The average Bonchev–Trinajstić information content (AvgIpc) is 2.70. The van der Waals surface area contributed by atoms with E-state index in [1.807, 2.05) is 19.1 Å². The minimum Gasteiger partial charge on any atom is -0.322 e. The van der Waals surface area contributed by atoms with Crippen molar-refractivity contribution in [1.29, 1.82) is 0 Å². The minimum absolute atomic E-state index is 0.221. The Bertz CT molecular complexity index is 995. The molecule has 0 aromatic heterocycles. The fraction of sp³-hybridized carbons (Fsp3) is 0.0455. The number of carbonyl (C=O) groups excluding carboxylic acids is 2. The monoisotopic (exact) mass is 375 g/mol. The van der Waals surface area contributed by atoms with E-state index in [9.17, 15) is 14.0 Å². The Hall–Kier alpha value is -3.80. The Balaban J connectivity index is 1.57. The fourth-order valence-electron chi connectivity index (χ4n) is 2.39. The number of rotatable bonds is 5. The zero-order valence-corrected chi connectivity index (χ0v) is 15.1. The molecular formula is C22H18FN3O2. The molecule has 5 nitrogen and oxygen atoms in total. The molecule has 0 heterocycles. The van der Waals surface area contributed by atoms with E-state index in [0.29, 0.717) is 22.4 Å². The summed E-state index contributed by atoms with van der Waals surface area (Å²) in [5, 5.41) is 6.63. The number of nitrogens with one attached hydrogen (secondary N) is 2. The summed E-state index contributed by atoms with van der Waals surface area (Å²) >= 11 is 0. The third-order valence-electron chi connectivity index (χ3n) is 3.97. The van der Waals surface area contributed by atoms with E-state index in [1.54, 1.807) is 48.5 Å². The van der Waals surface area contributed by atoms with Crippen molar-refractivity contribution in [1.82, 2.24) is 5.43 Å². The average molecular weight is 375 g/mol. The first-order chi connectivity index (χ1) is 13.5. The van der Waals surface area contributed by atoms with Crippen LogP contribution in [0.3, 0.4) is 0 Å². The largest absolute Gasteiger partial charge is 0.322 e. The molecule has 0 saturated heterocycles. The van der Waals surface area contributed by atoms with Gasteiger partial charge in [-0.3, -0.25) is 9.59 Å². The number of hydrazone groups is 1. The molecule has 0 aliphatic carbocycles. The Morgan fingerprint density at radius 1 is 0.821 bits per heavy atom. The number of hydrogen-bond donors (Lipinski definition) is 2. The number of benzene rings is 3. The van der Waals surface area contributed by atoms with Crippen LogP contribution >= 0.6 is 0 Å². The third kappa shape index (κ3) is 5.11. The molecule has 2 amide bonds. The topological polar surface area (TPSA) is 70.6 Å². The number of anilines is 1. The smallest absolute Gasteiger partial charge is 0.271 e. The highest BCUT2D eigenvalue weighted by Gasteiger charge is 2.07. The summed E-state index contributed by atoms with van der Waals surface area (Å²) in [5.41, 5.74) is 5.67. The molecule has 0 unspecified atom stereocenters. The maximum Gasteiger partial charge on any atom is 0.271 e. The number of nitrogens with zero attached hydrogens (tertiary/aromatic N) is 1. The van der Waals surface area contributed by atoms with Gasteiger partial charge in [0.1, 0.15) is 5.82 Å². The van der Waals surface area contributed by atoms with E-state index >= 15 is 0 Å². The van der Waals surface area contributed by atoms with Crippen LogP contribution in [0.15, 0.2) is 77.9 Å². The van der Waals surface area contributed by atoms with Gasteiger partial charge in [0.2, 0.25) is 0 Å². The van der Waals surface area contributed by atoms with E-state index in [4.69, 9.17) is 0 Å². The van der Waals surface area contributed by atoms with Crippen molar-refractivity contribution in [3.8, 4) is 0 Å². The summed E-state index contributed by atoms with van der Waals surface area (Å²) in [4.78, 5) is 24.3. The molecule has 6 heteroatoms. The molecule has 0 saturated carbocycles. The van der Waals surface area contributed by atoms with Crippen LogP contribution in [0.1, 0.15) is 31.8 Å². The molecule has 0 atom stereocenters. The molecule has 28 heavy (non-hydrogen) atoms. The highest BCUT2D eigenvalue weighted by atomic mass is 19.1. The Kier molecular flexibility index (Phi) is 5.91. The van der Waals surface area contributed by atoms with Gasteiger partial charge in [-0.2, -0.15) is 5.10 Å². The zero-order chi connectivity index (χ0) is 19.9. The molecule has 0 bridgehead atoms. The van der Waals surface area contributed by atoms with Crippen LogP contribution in [0.4, 0.5) is 10.1 Å². The maximum atomic E-state index is 12.8. The van der Waals surface area contributed by atoms with Crippen LogP contribution < -0.4 is 10.7 Å². The van der Waals surface area contributed by atoms with Gasteiger partial charge in [0.05, 0.1) is 6.21 Å². The summed E-state index contributed by atoms with van der Waals surface area (Å²) in [7, 11) is 0. The van der Waals surface area contributed by atoms with Gasteiger partial charge in [-0.25, -0.2) is 9.82 Å². The van der Waals surface area contributed by atoms with Crippen LogP contribution in [-0.4, -0.2) is 18.0 Å². The summed E-state index contributed by atoms with van der Waals surface area (Å²) in [6.07, 6.45) is 1.42. The lowest BCUT2D eigenvalue weighted by Crippen LogP contribution is -2.17. The van der Waals surface area contributed by atoms with Gasteiger partial charge in [0.15, 0.2) is 0 Å². The van der Waals surface area contributed by atoms with Gasteiger partial charge in [-0.1, -0.05) is 29.8 Å². The van der Waals surface area contributed by atoms with Gasteiger partial charge in [-0.15, -0.1) is 0 Å². The van der Waals surface area contributed by atoms with Crippen molar-refractivity contribution in [2.24, 2.45) is 5.10 Å². The van der Waals surface area contributed by atoms with Crippen LogP contribution in [0, 0.1) is 12.7 Å². The fourth-order valence-corrected chi connectivity index (χ4v) is 2.39. The van der Waals surface area contributed by atoms with Crippen molar-refractivity contribution in [2.45, 2.75) is 6.92 Å². The summed E-state index contributed by atoms with van der Waals surface area (Å²) in [6, 6.07) is 19.4. The number of aryl methyl sites for hydroxylation is 1. The number of amides is 2. The minimum atomic E-state index is -0.394. The van der Waals surface area contributed by atoms with Gasteiger partial charge >= 0.3 is 0 Å². The number of hydrogen-bond acceptors (Lipinski definition) is 3. The highest BCUT2D eigenvalue weighted by molar-refractivity contribution is 6.04. The Labute approximate surface area is 161 Å². The van der Waals surface area contributed by atoms with E-state index in [0.717, 1.165) is 5.56 Å². The molecule has 2 N–H and O–H groups in total. The zero-order valence-electron chi connectivity index (χ0n) is 15.1. The van der Waals surface area contributed by atoms with Crippen LogP contribution in [0.5, 0.6) is 0 Å². The predicted octanol–water partition coefficient (Wildman–Crippen LogP) is 4.15. The van der Waals surface area contributed by atoms with Crippen molar-refractivity contribution < 1.29 is 14.0 Å². The van der Waals surface area contributed by atoms with Crippen LogP contribution in [-0.2, 0) is 0 Å². The number of halogens is 1. The Morgan fingerprint density at radius 3 is 2.04 bits per heavy atom. The van der Waals surface area contributed by atoms with Gasteiger partial charge in [0.25, 0.3) is 11.8 Å². The molecule has 140 valence electrons. The molecule has 0 aliphatic heterocycles. The second-order valence-electron chi connectivity index (χ2n) is 6.15. The van der Waals surface area contributed by atoms with Crippen molar-refractivity contribution >= 4 is 23.7 Å². The first-order valence-electron chi connectivity index (χ1n) is 8.58. The molecule has 0 fully saturated rings. The third-order valence-corrected chi connectivity index (χ3v) is 3.97. The lowest BCUT2D eigenvalue weighted by atomic mass is 10.1. The normalized spacial score (nSPS) is 10.6. The van der Waals surface area contributed by atoms with E-state index in [-0.39, 0.29) is 11.7 Å². The molecular weight excluding hydrogens is 357 g/mol. The molecule has 0 radical (unpaired) electrons. The molecule has 3 aromatic carbocycles. The second kappa shape index (κ2) is 8.73. The standard InChI is InChI=1S/C22H18FN3O2/c1-15-2-6-17(7-3-15)21(27)25-20-12-8-18(9-13-20)22(28)26-24-14-16-4-10-19(23)11-5-16/h2-14H,1H3,(H,25,27)(H,26,28)/b24-14-.